The minimum Gasteiger partial charge on any atom is -0.378 e. The molecule has 0 bridgehead atoms. The topological polar surface area (TPSA) is 53.6 Å². The predicted molar refractivity (Wildman–Crippen MR) is 56.4 cm³/mol. The zero-order chi connectivity index (χ0) is 11.5. The summed E-state index contributed by atoms with van der Waals surface area (Å²) in [4.78, 5) is 13.6. The van der Waals surface area contributed by atoms with Crippen LogP contribution < -0.4 is 10.9 Å². The first-order valence-electron chi connectivity index (χ1n) is 5.63. The van der Waals surface area contributed by atoms with Gasteiger partial charge in [0.2, 0.25) is 5.91 Å². The molecule has 2 N–H and O–H groups in total. The van der Waals surface area contributed by atoms with Crippen molar-refractivity contribution in [3.63, 3.8) is 0 Å². The summed E-state index contributed by atoms with van der Waals surface area (Å²) in [5.74, 6) is -0.0269. The van der Waals surface area contributed by atoms with E-state index in [1.807, 2.05) is 0 Å². The number of nitrogens with one attached hydrogen (secondary N) is 2. The van der Waals surface area contributed by atoms with Crippen LogP contribution in [0.3, 0.4) is 0 Å². The van der Waals surface area contributed by atoms with E-state index in [0.29, 0.717) is 26.1 Å². The molecule has 0 spiro atoms. The summed E-state index contributed by atoms with van der Waals surface area (Å²) >= 11 is 0. The molecule has 0 radical (unpaired) electrons. The molecule has 2 aliphatic heterocycles. The summed E-state index contributed by atoms with van der Waals surface area (Å²) in [6.45, 7) is 2.00. The van der Waals surface area contributed by atoms with Crippen molar-refractivity contribution in [1.29, 1.82) is 0 Å². The molecule has 1 amide bonds. The number of halogens is 1. The van der Waals surface area contributed by atoms with Crippen molar-refractivity contribution in [3.05, 3.63) is 0 Å². The SMILES string of the molecule is CO[C@H]1CCN(C(=O)C2CNNC2)C[C@H]1F. The molecular formula is C10H18FN3O2. The predicted octanol–water partition coefficient (Wildman–Crippen LogP) is -0.704. The van der Waals surface area contributed by atoms with Crippen molar-refractivity contribution < 1.29 is 13.9 Å². The fourth-order valence-electron chi connectivity index (χ4n) is 2.24. The van der Waals surface area contributed by atoms with Crippen molar-refractivity contribution in [3.8, 4) is 0 Å². The monoisotopic (exact) mass is 231 g/mol. The van der Waals surface area contributed by atoms with Gasteiger partial charge in [0.05, 0.1) is 18.6 Å². The highest BCUT2D eigenvalue weighted by Crippen LogP contribution is 2.18. The van der Waals surface area contributed by atoms with Crippen LogP contribution in [0.15, 0.2) is 0 Å². The first-order valence-corrected chi connectivity index (χ1v) is 5.63. The number of likely N-dealkylation sites (tertiary alicyclic amines) is 1. The van der Waals surface area contributed by atoms with Gasteiger partial charge in [0.1, 0.15) is 6.17 Å². The van der Waals surface area contributed by atoms with Gasteiger partial charge in [0.15, 0.2) is 0 Å². The minimum atomic E-state index is -1.06. The van der Waals surface area contributed by atoms with Crippen LogP contribution >= 0.6 is 0 Å². The first-order chi connectivity index (χ1) is 7.72. The van der Waals surface area contributed by atoms with Crippen LogP contribution in [0.4, 0.5) is 4.39 Å². The smallest absolute Gasteiger partial charge is 0.228 e. The number of hydrogen-bond acceptors (Lipinski definition) is 4. The van der Waals surface area contributed by atoms with E-state index in [-0.39, 0.29) is 24.5 Å². The highest BCUT2D eigenvalue weighted by atomic mass is 19.1. The standard InChI is InChI=1S/C10H18FN3O2/c1-16-9-2-3-14(6-8(9)11)10(15)7-4-12-13-5-7/h7-9,12-13H,2-6H2,1H3/t8-,9+/m1/s1. The Morgan fingerprint density at radius 1 is 1.44 bits per heavy atom. The molecule has 0 aromatic heterocycles. The Hall–Kier alpha value is -0.720. The molecule has 0 aromatic rings. The quantitative estimate of drug-likeness (QED) is 0.659. The number of nitrogens with zero attached hydrogens (tertiary/aromatic N) is 1. The van der Waals surface area contributed by atoms with Crippen LogP contribution in [0.25, 0.3) is 0 Å². The molecule has 0 unspecified atom stereocenters. The molecule has 2 fully saturated rings. The van der Waals surface area contributed by atoms with E-state index in [1.54, 1.807) is 4.90 Å². The number of hydrogen-bond donors (Lipinski definition) is 2. The molecule has 2 saturated heterocycles. The van der Waals surface area contributed by atoms with Crippen LogP contribution in [0.5, 0.6) is 0 Å². The van der Waals surface area contributed by atoms with Gasteiger partial charge in [-0.3, -0.25) is 15.6 Å². The lowest BCUT2D eigenvalue weighted by molar-refractivity contribution is -0.139. The minimum absolute atomic E-state index is 0.0368. The number of carbonyl (C=O) groups excluding carboxylic acids is 1. The van der Waals surface area contributed by atoms with Gasteiger partial charge in [-0.15, -0.1) is 0 Å². The third-order valence-corrected chi connectivity index (χ3v) is 3.27. The summed E-state index contributed by atoms with van der Waals surface area (Å²) in [7, 11) is 1.51. The van der Waals surface area contributed by atoms with E-state index in [4.69, 9.17) is 4.74 Å². The maximum Gasteiger partial charge on any atom is 0.228 e. The fourth-order valence-corrected chi connectivity index (χ4v) is 2.24. The van der Waals surface area contributed by atoms with E-state index in [0.717, 1.165) is 0 Å². The van der Waals surface area contributed by atoms with Gasteiger partial charge in [-0.1, -0.05) is 0 Å². The van der Waals surface area contributed by atoms with Crippen molar-refractivity contribution in [1.82, 2.24) is 15.8 Å². The summed E-state index contributed by atoms with van der Waals surface area (Å²) in [5, 5.41) is 0. The van der Waals surface area contributed by atoms with E-state index >= 15 is 0 Å². The maximum atomic E-state index is 13.6. The van der Waals surface area contributed by atoms with Gasteiger partial charge >= 0.3 is 0 Å². The molecule has 2 rings (SSSR count). The van der Waals surface area contributed by atoms with Gasteiger partial charge in [0.25, 0.3) is 0 Å². The molecule has 2 atom stereocenters. The van der Waals surface area contributed by atoms with Crippen LogP contribution in [-0.2, 0) is 9.53 Å². The normalized spacial score (nSPS) is 32.0. The second-order valence-corrected chi connectivity index (χ2v) is 4.32. The van der Waals surface area contributed by atoms with E-state index in [2.05, 4.69) is 10.9 Å². The van der Waals surface area contributed by atoms with Crippen LogP contribution in [0, 0.1) is 5.92 Å². The van der Waals surface area contributed by atoms with Gasteiger partial charge in [-0.25, -0.2) is 4.39 Å². The Balaban J connectivity index is 1.88. The lowest BCUT2D eigenvalue weighted by Crippen LogP contribution is -2.50. The largest absolute Gasteiger partial charge is 0.378 e. The van der Waals surface area contributed by atoms with Crippen LogP contribution in [-0.4, -0.2) is 56.4 Å². The summed E-state index contributed by atoms with van der Waals surface area (Å²) in [6, 6.07) is 0. The van der Waals surface area contributed by atoms with E-state index in [9.17, 15) is 9.18 Å². The Morgan fingerprint density at radius 3 is 2.69 bits per heavy atom. The number of methoxy groups -OCH3 is 1. The van der Waals surface area contributed by atoms with Crippen LogP contribution in [0.1, 0.15) is 6.42 Å². The summed E-state index contributed by atoms with van der Waals surface area (Å²) in [6.07, 6.45) is -0.842. The summed E-state index contributed by atoms with van der Waals surface area (Å²) < 4.78 is 18.6. The number of carbonyl (C=O) groups is 1. The highest BCUT2D eigenvalue weighted by Gasteiger charge is 2.34. The second kappa shape index (κ2) is 5.07. The summed E-state index contributed by atoms with van der Waals surface area (Å²) in [5.41, 5.74) is 5.82. The average molecular weight is 231 g/mol. The van der Waals surface area contributed by atoms with Crippen molar-refractivity contribution in [2.75, 3.05) is 33.3 Å². The zero-order valence-electron chi connectivity index (χ0n) is 9.41. The van der Waals surface area contributed by atoms with Gasteiger partial charge in [-0.2, -0.15) is 0 Å². The molecule has 2 heterocycles. The van der Waals surface area contributed by atoms with E-state index in [1.165, 1.54) is 7.11 Å². The van der Waals surface area contributed by atoms with Crippen molar-refractivity contribution in [2.45, 2.75) is 18.7 Å². The second-order valence-electron chi connectivity index (χ2n) is 4.32. The van der Waals surface area contributed by atoms with Crippen LogP contribution in [0.2, 0.25) is 0 Å². The van der Waals surface area contributed by atoms with Crippen molar-refractivity contribution in [2.24, 2.45) is 5.92 Å². The zero-order valence-corrected chi connectivity index (χ0v) is 9.41. The number of amides is 1. The highest BCUT2D eigenvalue weighted by molar-refractivity contribution is 5.79. The number of hydrazine groups is 1. The Kier molecular flexibility index (Phi) is 3.73. The van der Waals surface area contributed by atoms with E-state index < -0.39 is 6.17 Å². The fraction of sp³-hybridized carbons (Fsp3) is 0.900. The number of ether oxygens (including phenoxy) is 1. The molecule has 0 saturated carbocycles. The van der Waals surface area contributed by atoms with Gasteiger partial charge in [0, 0.05) is 26.7 Å². The number of piperidine rings is 1. The maximum absolute atomic E-state index is 13.6. The molecule has 2 aliphatic rings. The lowest BCUT2D eigenvalue weighted by atomic mass is 10.0. The third kappa shape index (κ3) is 2.34. The molecular weight excluding hydrogens is 213 g/mol. The molecule has 0 aromatic carbocycles. The van der Waals surface area contributed by atoms with Gasteiger partial charge in [-0.05, 0) is 6.42 Å². The molecule has 5 nitrogen and oxygen atoms in total. The lowest BCUT2D eigenvalue weighted by Gasteiger charge is -2.35. The molecule has 92 valence electrons. The Morgan fingerprint density at radius 2 is 2.12 bits per heavy atom. The Bertz CT molecular complexity index is 258. The average Bonchev–Trinajstić information content (AvgIpc) is 2.81. The Labute approximate surface area is 94.3 Å². The molecule has 6 heteroatoms. The molecule has 16 heavy (non-hydrogen) atoms. The third-order valence-electron chi connectivity index (χ3n) is 3.27. The first kappa shape index (κ1) is 11.8. The number of rotatable bonds is 2. The van der Waals surface area contributed by atoms with Crippen molar-refractivity contribution >= 4 is 5.91 Å². The van der Waals surface area contributed by atoms with Gasteiger partial charge < -0.3 is 9.64 Å². The number of alkyl halides is 1. The molecule has 0 aliphatic carbocycles.